The minimum absolute atomic E-state index is 0.0134. The number of benzene rings is 1. The van der Waals surface area contributed by atoms with Gasteiger partial charge in [0.2, 0.25) is 0 Å². The number of esters is 1. The maximum atomic E-state index is 12.8. The summed E-state index contributed by atoms with van der Waals surface area (Å²) >= 11 is 0. The van der Waals surface area contributed by atoms with Gasteiger partial charge in [0.05, 0.1) is 6.10 Å². The summed E-state index contributed by atoms with van der Waals surface area (Å²) in [5.41, 5.74) is -1.13. The molecule has 1 aromatic carbocycles. The van der Waals surface area contributed by atoms with Crippen molar-refractivity contribution in [2.24, 2.45) is 0 Å². The normalized spacial score (nSPS) is 18.9. The van der Waals surface area contributed by atoms with Gasteiger partial charge in [-0.3, -0.25) is 0 Å². The average molecular weight is 282 g/mol. The molecule has 0 N–H and O–H groups in total. The summed E-state index contributed by atoms with van der Waals surface area (Å²) in [5, 5.41) is 0. The van der Waals surface area contributed by atoms with Gasteiger partial charge in [0, 0.05) is 6.61 Å². The Morgan fingerprint density at radius 1 is 1.40 bits per heavy atom. The summed E-state index contributed by atoms with van der Waals surface area (Å²) in [6, 6.07) is 5.51. The van der Waals surface area contributed by atoms with Crippen LogP contribution in [-0.4, -0.2) is 30.9 Å². The predicted molar refractivity (Wildman–Crippen MR) is 71.0 cm³/mol. The molecular formula is C15H19FO4. The van der Waals surface area contributed by atoms with E-state index < -0.39 is 11.6 Å². The molecule has 1 fully saturated rings. The van der Waals surface area contributed by atoms with Crippen LogP contribution < -0.4 is 4.74 Å². The Kier molecular flexibility index (Phi) is 4.60. The number of carbonyl (C=O) groups excluding carboxylic acids is 1. The second-order valence-corrected chi connectivity index (χ2v) is 5.30. The zero-order chi connectivity index (χ0) is 14.6. The van der Waals surface area contributed by atoms with Crippen molar-refractivity contribution >= 4 is 5.97 Å². The zero-order valence-electron chi connectivity index (χ0n) is 11.7. The lowest BCUT2D eigenvalue weighted by Gasteiger charge is -2.25. The summed E-state index contributed by atoms with van der Waals surface area (Å²) in [6.45, 7) is 4.20. The molecular weight excluding hydrogens is 263 g/mol. The quantitative estimate of drug-likeness (QED) is 0.779. The third-order valence-corrected chi connectivity index (χ3v) is 3.10. The fourth-order valence-corrected chi connectivity index (χ4v) is 1.96. The second-order valence-electron chi connectivity index (χ2n) is 5.30. The Hall–Kier alpha value is -1.62. The summed E-state index contributed by atoms with van der Waals surface area (Å²) in [5.74, 6) is -0.390. The van der Waals surface area contributed by atoms with Gasteiger partial charge in [0.1, 0.15) is 18.2 Å². The SMILES string of the molecule is CC(C)(Oc1ccc(F)cc1)C(=O)OCC1CCCO1. The molecule has 0 radical (unpaired) electrons. The maximum absolute atomic E-state index is 12.8. The predicted octanol–water partition coefficient (Wildman–Crippen LogP) is 2.71. The van der Waals surface area contributed by atoms with Crippen molar-refractivity contribution in [3.8, 4) is 5.75 Å². The van der Waals surface area contributed by atoms with E-state index in [-0.39, 0.29) is 18.5 Å². The number of hydrogen-bond acceptors (Lipinski definition) is 4. The Labute approximate surface area is 117 Å². The van der Waals surface area contributed by atoms with E-state index >= 15 is 0 Å². The minimum atomic E-state index is -1.13. The van der Waals surface area contributed by atoms with Crippen molar-refractivity contribution in [1.82, 2.24) is 0 Å². The molecule has 1 unspecified atom stereocenters. The van der Waals surface area contributed by atoms with Crippen molar-refractivity contribution in [1.29, 1.82) is 0 Å². The highest BCUT2D eigenvalue weighted by atomic mass is 19.1. The molecule has 4 nitrogen and oxygen atoms in total. The lowest BCUT2D eigenvalue weighted by atomic mass is 10.1. The molecule has 1 atom stereocenters. The molecule has 2 rings (SSSR count). The number of hydrogen-bond donors (Lipinski definition) is 0. The van der Waals surface area contributed by atoms with E-state index in [0.29, 0.717) is 5.75 Å². The van der Waals surface area contributed by atoms with Gasteiger partial charge in [0.25, 0.3) is 0 Å². The molecule has 1 heterocycles. The highest BCUT2D eigenvalue weighted by Gasteiger charge is 2.32. The summed E-state index contributed by atoms with van der Waals surface area (Å²) in [4.78, 5) is 12.0. The van der Waals surface area contributed by atoms with E-state index in [4.69, 9.17) is 14.2 Å². The molecule has 0 aromatic heterocycles. The van der Waals surface area contributed by atoms with Crippen molar-refractivity contribution in [2.45, 2.75) is 38.4 Å². The van der Waals surface area contributed by atoms with Crippen LogP contribution in [0.15, 0.2) is 24.3 Å². The molecule has 0 bridgehead atoms. The molecule has 1 saturated heterocycles. The standard InChI is InChI=1S/C15H19FO4/c1-15(2,20-12-7-5-11(16)6-8-12)14(17)19-10-13-4-3-9-18-13/h5-8,13H,3-4,9-10H2,1-2H3. The highest BCUT2D eigenvalue weighted by Crippen LogP contribution is 2.20. The van der Waals surface area contributed by atoms with Crippen LogP contribution in [0.1, 0.15) is 26.7 Å². The van der Waals surface area contributed by atoms with Crippen LogP contribution in [0.2, 0.25) is 0 Å². The number of rotatable bonds is 5. The summed E-state index contributed by atoms with van der Waals surface area (Å²) < 4.78 is 29.0. The monoisotopic (exact) mass is 282 g/mol. The third kappa shape index (κ3) is 3.93. The van der Waals surface area contributed by atoms with E-state index in [1.165, 1.54) is 24.3 Å². The fourth-order valence-electron chi connectivity index (χ4n) is 1.96. The first-order valence-electron chi connectivity index (χ1n) is 6.71. The third-order valence-electron chi connectivity index (χ3n) is 3.10. The Balaban J connectivity index is 1.87. The van der Waals surface area contributed by atoms with Gasteiger partial charge < -0.3 is 14.2 Å². The molecule has 1 aliphatic rings. The van der Waals surface area contributed by atoms with Gasteiger partial charge in [-0.15, -0.1) is 0 Å². The van der Waals surface area contributed by atoms with Crippen LogP contribution in [0.5, 0.6) is 5.75 Å². The molecule has 110 valence electrons. The summed E-state index contributed by atoms with van der Waals surface area (Å²) in [6.07, 6.45) is 1.89. The molecule has 5 heteroatoms. The van der Waals surface area contributed by atoms with Crippen LogP contribution in [-0.2, 0) is 14.3 Å². The van der Waals surface area contributed by atoms with Gasteiger partial charge >= 0.3 is 5.97 Å². The van der Waals surface area contributed by atoms with Gasteiger partial charge in [-0.1, -0.05) is 0 Å². The molecule has 0 amide bonds. The molecule has 0 spiro atoms. The van der Waals surface area contributed by atoms with Crippen molar-refractivity contribution in [2.75, 3.05) is 13.2 Å². The van der Waals surface area contributed by atoms with E-state index in [9.17, 15) is 9.18 Å². The maximum Gasteiger partial charge on any atom is 0.349 e. The number of carbonyl (C=O) groups is 1. The Morgan fingerprint density at radius 2 is 2.10 bits per heavy atom. The van der Waals surface area contributed by atoms with Crippen molar-refractivity contribution in [3.05, 3.63) is 30.1 Å². The van der Waals surface area contributed by atoms with Crippen LogP contribution in [0.25, 0.3) is 0 Å². The highest BCUT2D eigenvalue weighted by molar-refractivity contribution is 5.79. The zero-order valence-corrected chi connectivity index (χ0v) is 11.7. The smallest absolute Gasteiger partial charge is 0.349 e. The molecule has 0 aliphatic carbocycles. The van der Waals surface area contributed by atoms with Crippen LogP contribution in [0.4, 0.5) is 4.39 Å². The Bertz CT molecular complexity index is 449. The van der Waals surface area contributed by atoms with Crippen LogP contribution in [0.3, 0.4) is 0 Å². The number of ether oxygens (including phenoxy) is 3. The van der Waals surface area contributed by atoms with Crippen molar-refractivity contribution in [3.63, 3.8) is 0 Å². The first-order valence-corrected chi connectivity index (χ1v) is 6.71. The lowest BCUT2D eigenvalue weighted by molar-refractivity contribution is -0.162. The lowest BCUT2D eigenvalue weighted by Crippen LogP contribution is -2.40. The first-order chi connectivity index (χ1) is 9.47. The minimum Gasteiger partial charge on any atom is -0.476 e. The summed E-state index contributed by atoms with van der Waals surface area (Å²) in [7, 11) is 0. The average Bonchev–Trinajstić information content (AvgIpc) is 2.91. The van der Waals surface area contributed by atoms with Gasteiger partial charge in [-0.2, -0.15) is 0 Å². The van der Waals surface area contributed by atoms with E-state index in [2.05, 4.69) is 0 Å². The van der Waals surface area contributed by atoms with Crippen LogP contribution >= 0.6 is 0 Å². The van der Waals surface area contributed by atoms with E-state index in [0.717, 1.165) is 19.4 Å². The van der Waals surface area contributed by atoms with Gasteiger partial charge in [-0.05, 0) is 51.0 Å². The molecule has 20 heavy (non-hydrogen) atoms. The topological polar surface area (TPSA) is 44.8 Å². The molecule has 1 aromatic rings. The van der Waals surface area contributed by atoms with Crippen LogP contribution in [0, 0.1) is 5.82 Å². The first kappa shape index (κ1) is 14.8. The molecule has 1 aliphatic heterocycles. The van der Waals surface area contributed by atoms with Gasteiger partial charge in [0.15, 0.2) is 5.60 Å². The largest absolute Gasteiger partial charge is 0.476 e. The Morgan fingerprint density at radius 3 is 2.70 bits per heavy atom. The number of halogens is 1. The van der Waals surface area contributed by atoms with E-state index in [1.54, 1.807) is 13.8 Å². The second kappa shape index (κ2) is 6.22. The van der Waals surface area contributed by atoms with Gasteiger partial charge in [-0.25, -0.2) is 9.18 Å². The van der Waals surface area contributed by atoms with E-state index in [1.807, 2.05) is 0 Å². The van der Waals surface area contributed by atoms with Crippen molar-refractivity contribution < 1.29 is 23.4 Å². The fraction of sp³-hybridized carbons (Fsp3) is 0.533. The molecule has 0 saturated carbocycles.